The Balaban J connectivity index is 4.90. The molecule has 0 heterocycles. The van der Waals surface area contributed by atoms with Crippen molar-refractivity contribution in [3.63, 3.8) is 0 Å². The smallest absolute Gasteiger partial charge is 0.277 e. The molecule has 1 unspecified atom stereocenters. The Morgan fingerprint density at radius 2 is 1.92 bits per heavy atom. The van der Waals surface area contributed by atoms with E-state index < -0.39 is 26.9 Å². The molecule has 0 saturated carbocycles. The second-order valence-electron chi connectivity index (χ2n) is 1.55. The third kappa shape index (κ3) is 3.13. The predicted octanol–water partition coefficient (Wildman–Crippen LogP) is 1.98. The van der Waals surface area contributed by atoms with Crippen molar-refractivity contribution in [2.75, 3.05) is 0 Å². The van der Waals surface area contributed by atoms with Gasteiger partial charge in [-0.15, -0.1) is 4.67 Å². The van der Waals surface area contributed by atoms with E-state index >= 15 is 0 Å². The number of carbonyl (C=O) groups is 1. The molecule has 1 N–H and O–H groups in total. The van der Waals surface area contributed by atoms with Crippen LogP contribution in [0.15, 0.2) is 0 Å². The first-order valence-electron chi connectivity index (χ1n) is 2.34. The van der Waals surface area contributed by atoms with E-state index in [9.17, 15) is 27.1 Å². The molecule has 0 aromatic carbocycles. The van der Waals surface area contributed by atoms with E-state index in [2.05, 4.69) is 9.71 Å². The molecule has 11 heteroatoms. The van der Waals surface area contributed by atoms with E-state index in [0.717, 1.165) is 0 Å². The van der Waals surface area contributed by atoms with E-state index in [4.69, 9.17) is 5.26 Å². The first-order valence-corrected chi connectivity index (χ1v) is 5.48. The Morgan fingerprint density at radius 1 is 1.46 bits per heavy atom. The third-order valence-corrected chi connectivity index (χ3v) is 3.38. The van der Waals surface area contributed by atoms with Crippen molar-refractivity contribution >= 4 is 20.7 Å². The second kappa shape index (κ2) is 4.26. The van der Waals surface area contributed by atoms with Crippen molar-refractivity contribution in [1.82, 2.24) is 0 Å². The fourth-order valence-corrected chi connectivity index (χ4v) is 1.60. The quantitative estimate of drug-likeness (QED) is 0.459. The molecule has 0 radical (unpaired) electrons. The fourth-order valence-electron chi connectivity index (χ4n) is 0.290. The van der Waals surface area contributed by atoms with Gasteiger partial charge in [0, 0.05) is 0 Å². The van der Waals surface area contributed by atoms with Crippen molar-refractivity contribution < 1.29 is 42.1 Å². The van der Waals surface area contributed by atoms with Gasteiger partial charge in [-0.05, 0) is 0 Å². The zero-order valence-electron chi connectivity index (χ0n) is 5.52. The van der Waals surface area contributed by atoms with Gasteiger partial charge in [0.05, 0.1) is 0 Å². The van der Waals surface area contributed by atoms with Gasteiger partial charge in [-0.25, -0.2) is 5.26 Å². The van der Waals surface area contributed by atoms with Gasteiger partial charge in [0.1, 0.15) is 0 Å². The Bertz CT molecular complexity index is 259. The molecule has 13 heavy (non-hydrogen) atoms. The lowest BCUT2D eigenvalue weighted by Crippen LogP contribution is -2.21. The van der Waals surface area contributed by atoms with Crippen LogP contribution in [0.4, 0.5) is 13.2 Å². The van der Waals surface area contributed by atoms with Gasteiger partial charge in [-0.1, -0.05) is 5.04 Å². The van der Waals surface area contributed by atoms with Crippen molar-refractivity contribution in [3.8, 4) is 0 Å². The Kier molecular flexibility index (Phi) is 4.15. The summed E-state index contributed by atoms with van der Waals surface area (Å²) in [4.78, 5) is 10.2. The Hall–Kier alpha value is -0.330. The zero-order valence-corrected chi connectivity index (χ0v) is 7.31. The molecule has 6 nitrogen and oxygen atoms in total. The van der Waals surface area contributed by atoms with E-state index in [1.165, 1.54) is 0 Å². The minimum Gasteiger partial charge on any atom is -0.277 e. The normalized spacial score (nSPS) is 16.9. The third-order valence-electron chi connectivity index (χ3n) is 0.741. The Labute approximate surface area is 70.0 Å². The molecule has 0 aliphatic rings. The molecule has 0 bridgehead atoms. The molecule has 0 aliphatic carbocycles. The molecule has 76 valence electrons. The standard InChI is InChI=1S/C2HF3O6P2/c3-2(4,5)1(6)13(9,12-8)11-10-7/h7H. The molecular weight excluding hydrogens is 239 g/mol. The van der Waals surface area contributed by atoms with E-state index in [0.29, 0.717) is 0 Å². The summed E-state index contributed by atoms with van der Waals surface area (Å²) in [5.41, 5.74) is -2.87. The van der Waals surface area contributed by atoms with E-state index in [1.807, 2.05) is 0 Å². The molecule has 0 rings (SSSR count). The van der Waals surface area contributed by atoms with Crippen LogP contribution in [0.1, 0.15) is 0 Å². The van der Waals surface area contributed by atoms with Crippen LogP contribution in [0.3, 0.4) is 0 Å². The summed E-state index contributed by atoms with van der Waals surface area (Å²) < 4.78 is 58.3. The molecule has 0 saturated heterocycles. The SMILES string of the molecule is O=PP(=O)(OOO)C(=O)C(F)(F)F. The predicted molar refractivity (Wildman–Crippen MR) is 31.1 cm³/mol. The average molecular weight is 240 g/mol. The molecule has 0 fully saturated rings. The summed E-state index contributed by atoms with van der Waals surface area (Å²) in [5, 5.41) is 10.1. The van der Waals surface area contributed by atoms with Crippen LogP contribution in [0, 0.1) is 0 Å². The second-order valence-corrected chi connectivity index (χ2v) is 5.38. The van der Waals surface area contributed by atoms with Gasteiger partial charge in [-0.2, -0.15) is 13.2 Å². The van der Waals surface area contributed by atoms with Crippen molar-refractivity contribution in [1.29, 1.82) is 0 Å². The van der Waals surface area contributed by atoms with E-state index in [-0.39, 0.29) is 0 Å². The lowest BCUT2D eigenvalue weighted by molar-refractivity contribution is -0.437. The number of halogens is 3. The highest BCUT2D eigenvalue weighted by atomic mass is 32.1. The Morgan fingerprint density at radius 3 is 2.15 bits per heavy atom. The van der Waals surface area contributed by atoms with Crippen molar-refractivity contribution in [2.24, 2.45) is 0 Å². The number of alkyl halides is 3. The van der Waals surface area contributed by atoms with Gasteiger partial charge < -0.3 is 0 Å². The first-order chi connectivity index (χ1) is 5.78. The largest absolute Gasteiger partial charge is 0.461 e. The molecule has 1 atom stereocenters. The average Bonchev–Trinajstić information content (AvgIpc) is 2.02. The van der Waals surface area contributed by atoms with Crippen LogP contribution < -0.4 is 0 Å². The number of hydrogen-bond acceptors (Lipinski definition) is 6. The topological polar surface area (TPSA) is 89.9 Å². The molecule has 0 amide bonds. The van der Waals surface area contributed by atoms with Gasteiger partial charge in [0.25, 0.3) is 8.15 Å². The van der Waals surface area contributed by atoms with Crippen LogP contribution in [0.25, 0.3) is 0 Å². The van der Waals surface area contributed by atoms with Crippen LogP contribution in [-0.4, -0.2) is 17.0 Å². The molecule has 0 aliphatic heterocycles. The highest BCUT2D eigenvalue weighted by Crippen LogP contribution is 2.62. The highest BCUT2D eigenvalue weighted by molar-refractivity contribution is 8.25. The molecule has 0 aromatic rings. The summed E-state index contributed by atoms with van der Waals surface area (Å²) in [6.07, 6.45) is -5.48. The minimum absolute atomic E-state index is 1.72. The van der Waals surface area contributed by atoms with E-state index in [1.54, 1.807) is 0 Å². The summed E-state index contributed by atoms with van der Waals surface area (Å²) in [6.45, 7) is 0. The van der Waals surface area contributed by atoms with Crippen LogP contribution in [-0.2, 0) is 23.6 Å². The zero-order chi connectivity index (χ0) is 10.7. The van der Waals surface area contributed by atoms with Crippen LogP contribution in [0.2, 0.25) is 0 Å². The molecular formula is C2HF3O6P2. The highest BCUT2D eigenvalue weighted by Gasteiger charge is 2.54. The number of carbonyl (C=O) groups excluding carboxylic acids is 1. The van der Waals surface area contributed by atoms with Gasteiger partial charge in [-0.3, -0.25) is 13.9 Å². The molecule has 0 aromatic heterocycles. The van der Waals surface area contributed by atoms with Gasteiger partial charge >= 0.3 is 18.8 Å². The minimum atomic E-state index is -5.48. The van der Waals surface area contributed by atoms with Crippen LogP contribution in [0.5, 0.6) is 0 Å². The van der Waals surface area contributed by atoms with Gasteiger partial charge in [0.2, 0.25) is 0 Å². The summed E-state index contributed by atoms with van der Waals surface area (Å²) >= 11 is 0. The molecule has 0 spiro atoms. The lowest BCUT2D eigenvalue weighted by atomic mass is 10.8. The maximum atomic E-state index is 11.6. The summed E-state index contributed by atoms with van der Waals surface area (Å²) in [5.74, 6) is 0. The summed E-state index contributed by atoms with van der Waals surface area (Å²) in [6, 6.07) is 0. The maximum absolute atomic E-state index is 11.6. The van der Waals surface area contributed by atoms with Crippen molar-refractivity contribution in [2.45, 2.75) is 6.18 Å². The fraction of sp³-hybridized carbons (Fsp3) is 0.500. The number of rotatable bonds is 4. The summed E-state index contributed by atoms with van der Waals surface area (Å²) in [7, 11) is -6.96. The van der Waals surface area contributed by atoms with Crippen LogP contribution >= 0.6 is 15.2 Å². The number of hydrogen-bond donors (Lipinski definition) is 1. The van der Waals surface area contributed by atoms with Gasteiger partial charge in [0.15, 0.2) is 0 Å². The maximum Gasteiger partial charge on any atom is 0.461 e. The first kappa shape index (κ1) is 12.7. The van der Waals surface area contributed by atoms with Crippen molar-refractivity contribution in [3.05, 3.63) is 0 Å². The monoisotopic (exact) mass is 240 g/mol. The lowest BCUT2D eigenvalue weighted by Gasteiger charge is -2.07.